The number of hydrogen-bond donors (Lipinski definition) is 2. The second-order valence-corrected chi connectivity index (χ2v) is 7.38. The summed E-state index contributed by atoms with van der Waals surface area (Å²) in [5, 5.41) is 7.14. The molecule has 0 atom stereocenters. The molecule has 0 unspecified atom stereocenters. The maximum absolute atomic E-state index is 5.38. The van der Waals surface area contributed by atoms with Gasteiger partial charge in [0.15, 0.2) is 0 Å². The Balaban J connectivity index is 1.41. The van der Waals surface area contributed by atoms with Gasteiger partial charge < -0.3 is 20.3 Å². The third-order valence-electron chi connectivity index (χ3n) is 5.12. The highest BCUT2D eigenvalue weighted by atomic mass is 16.5. The predicted molar refractivity (Wildman–Crippen MR) is 116 cm³/mol. The number of nitrogens with zero attached hydrogens (tertiary/aromatic N) is 3. The molecule has 1 heterocycles. The van der Waals surface area contributed by atoms with E-state index in [1.54, 1.807) is 7.11 Å². The van der Waals surface area contributed by atoms with Gasteiger partial charge in [-0.1, -0.05) is 30.4 Å². The van der Waals surface area contributed by atoms with Gasteiger partial charge in [-0.25, -0.2) is 4.98 Å². The van der Waals surface area contributed by atoms with E-state index in [-0.39, 0.29) is 0 Å². The number of ether oxygens (including phenoxy) is 1. The summed E-state index contributed by atoms with van der Waals surface area (Å²) in [6, 6.07) is 11.0. The van der Waals surface area contributed by atoms with Crippen molar-refractivity contribution in [1.29, 1.82) is 0 Å². The van der Waals surface area contributed by atoms with E-state index in [1.165, 1.54) is 0 Å². The summed E-state index contributed by atoms with van der Waals surface area (Å²) in [4.78, 5) is 10.9. The lowest BCUT2D eigenvalue weighted by molar-refractivity contribution is 0.363. The van der Waals surface area contributed by atoms with Crippen molar-refractivity contribution >= 4 is 17.8 Å². The monoisotopic (exact) mass is 381 g/mol. The van der Waals surface area contributed by atoms with Gasteiger partial charge in [0.2, 0.25) is 5.95 Å². The molecule has 0 saturated heterocycles. The molecule has 1 aromatic heterocycles. The molecule has 28 heavy (non-hydrogen) atoms. The smallest absolute Gasteiger partial charge is 0.224 e. The van der Waals surface area contributed by atoms with Crippen molar-refractivity contribution in [2.24, 2.45) is 0 Å². The Morgan fingerprint density at radius 2 is 1.86 bits per heavy atom. The molecule has 0 amide bonds. The number of aromatic nitrogens is 2. The molecule has 0 bridgehead atoms. The third-order valence-corrected chi connectivity index (χ3v) is 5.12. The summed E-state index contributed by atoms with van der Waals surface area (Å²) < 4.78 is 5.38. The first kappa shape index (κ1) is 20.1. The van der Waals surface area contributed by atoms with Crippen LogP contribution in [-0.2, 0) is 0 Å². The summed E-state index contributed by atoms with van der Waals surface area (Å²) >= 11 is 0. The van der Waals surface area contributed by atoms with E-state index < -0.39 is 0 Å². The molecule has 150 valence electrons. The first-order valence-corrected chi connectivity index (χ1v) is 9.95. The van der Waals surface area contributed by atoms with E-state index in [0.29, 0.717) is 12.1 Å². The highest BCUT2D eigenvalue weighted by molar-refractivity contribution is 5.57. The Kier molecular flexibility index (Phi) is 7.25. The van der Waals surface area contributed by atoms with Crippen LogP contribution >= 0.6 is 0 Å². The standard InChI is InChI=1S/C22H31N5O/c1-27(2)21-14-16-24-22(26-21)25-19-12-10-18(11-13-19)23-15-6-8-17-7-4-5-9-20(17)28-3/h4-9,14,16,18-19,23H,10-13,15H2,1-3H3,(H,24,25,26)/b8-6+/t18-,19+. The Bertz CT molecular complexity index is 769. The Hall–Kier alpha value is -2.60. The minimum atomic E-state index is 0.444. The molecular formula is C22H31N5O. The second kappa shape index (κ2) is 10.1. The summed E-state index contributed by atoms with van der Waals surface area (Å²) in [5.74, 6) is 2.56. The molecule has 1 aliphatic carbocycles. The lowest BCUT2D eigenvalue weighted by Gasteiger charge is -2.29. The zero-order chi connectivity index (χ0) is 19.8. The predicted octanol–water partition coefficient (Wildman–Crippen LogP) is 3.58. The first-order chi connectivity index (χ1) is 13.7. The average molecular weight is 382 g/mol. The fourth-order valence-electron chi connectivity index (χ4n) is 3.52. The zero-order valence-corrected chi connectivity index (χ0v) is 17.1. The molecule has 2 aromatic rings. The van der Waals surface area contributed by atoms with Crippen molar-refractivity contribution in [3.05, 3.63) is 48.2 Å². The van der Waals surface area contributed by atoms with Gasteiger partial charge in [-0.3, -0.25) is 0 Å². The largest absolute Gasteiger partial charge is 0.496 e. The molecule has 2 N–H and O–H groups in total. The molecule has 1 aromatic carbocycles. The SMILES string of the molecule is COc1ccccc1/C=C/CN[C@H]1CC[C@@H](Nc2nccc(N(C)C)n2)CC1. The Morgan fingerprint density at radius 3 is 2.61 bits per heavy atom. The number of rotatable bonds is 8. The number of methoxy groups -OCH3 is 1. The highest BCUT2D eigenvalue weighted by Crippen LogP contribution is 2.22. The number of anilines is 2. The quantitative estimate of drug-likeness (QED) is 0.729. The molecule has 6 heteroatoms. The van der Waals surface area contributed by atoms with Crippen molar-refractivity contribution in [3.63, 3.8) is 0 Å². The van der Waals surface area contributed by atoms with Crippen molar-refractivity contribution in [2.45, 2.75) is 37.8 Å². The molecule has 0 aliphatic heterocycles. The lowest BCUT2D eigenvalue weighted by Crippen LogP contribution is -2.37. The van der Waals surface area contributed by atoms with E-state index in [1.807, 2.05) is 49.5 Å². The Morgan fingerprint density at radius 1 is 1.11 bits per heavy atom. The minimum absolute atomic E-state index is 0.444. The van der Waals surface area contributed by atoms with Crippen LogP contribution in [0.5, 0.6) is 5.75 Å². The van der Waals surface area contributed by atoms with E-state index >= 15 is 0 Å². The van der Waals surface area contributed by atoms with Crippen LogP contribution in [0.15, 0.2) is 42.6 Å². The molecule has 1 aliphatic rings. The maximum atomic E-state index is 5.38. The fourth-order valence-corrected chi connectivity index (χ4v) is 3.52. The van der Waals surface area contributed by atoms with Crippen molar-refractivity contribution in [2.75, 3.05) is 38.0 Å². The molecule has 1 fully saturated rings. The van der Waals surface area contributed by atoms with Gasteiger partial charge >= 0.3 is 0 Å². The van der Waals surface area contributed by atoms with Crippen LogP contribution in [0.4, 0.5) is 11.8 Å². The fraction of sp³-hybridized carbons (Fsp3) is 0.455. The van der Waals surface area contributed by atoms with E-state index in [2.05, 4.69) is 38.8 Å². The maximum Gasteiger partial charge on any atom is 0.224 e. The normalized spacial score (nSPS) is 19.5. The molecule has 0 spiro atoms. The molecule has 1 saturated carbocycles. The lowest BCUT2D eigenvalue weighted by atomic mass is 9.91. The van der Waals surface area contributed by atoms with Gasteiger partial charge in [0.25, 0.3) is 0 Å². The van der Waals surface area contributed by atoms with E-state index in [9.17, 15) is 0 Å². The summed E-state index contributed by atoms with van der Waals surface area (Å²) in [6.45, 7) is 0.870. The van der Waals surface area contributed by atoms with Crippen LogP contribution in [0.25, 0.3) is 6.08 Å². The number of nitrogens with one attached hydrogen (secondary N) is 2. The zero-order valence-electron chi connectivity index (χ0n) is 17.1. The van der Waals surface area contributed by atoms with Crippen LogP contribution in [0, 0.1) is 0 Å². The van der Waals surface area contributed by atoms with Crippen molar-refractivity contribution < 1.29 is 4.74 Å². The Labute approximate surface area is 168 Å². The topological polar surface area (TPSA) is 62.3 Å². The summed E-state index contributed by atoms with van der Waals surface area (Å²) in [5.41, 5.74) is 1.11. The average Bonchev–Trinajstić information content (AvgIpc) is 2.73. The first-order valence-electron chi connectivity index (χ1n) is 9.95. The van der Waals surface area contributed by atoms with Crippen LogP contribution in [-0.4, -0.2) is 49.8 Å². The van der Waals surface area contributed by atoms with Crippen LogP contribution in [0.2, 0.25) is 0 Å². The van der Waals surface area contributed by atoms with E-state index in [0.717, 1.165) is 55.3 Å². The highest BCUT2D eigenvalue weighted by Gasteiger charge is 2.21. The number of benzene rings is 1. The van der Waals surface area contributed by atoms with Gasteiger partial charge in [0, 0.05) is 44.5 Å². The molecule has 6 nitrogen and oxygen atoms in total. The summed E-state index contributed by atoms with van der Waals surface area (Å²) in [6.07, 6.45) is 10.7. The number of hydrogen-bond acceptors (Lipinski definition) is 6. The van der Waals surface area contributed by atoms with Gasteiger partial charge in [0.1, 0.15) is 11.6 Å². The van der Waals surface area contributed by atoms with Gasteiger partial charge in [-0.15, -0.1) is 0 Å². The van der Waals surface area contributed by atoms with Crippen LogP contribution in [0.1, 0.15) is 31.2 Å². The van der Waals surface area contributed by atoms with Gasteiger partial charge in [-0.05, 0) is 37.8 Å². The molecule has 3 rings (SSSR count). The number of para-hydroxylation sites is 1. The van der Waals surface area contributed by atoms with E-state index in [4.69, 9.17) is 4.74 Å². The van der Waals surface area contributed by atoms with Gasteiger partial charge in [-0.2, -0.15) is 4.98 Å². The minimum Gasteiger partial charge on any atom is -0.496 e. The van der Waals surface area contributed by atoms with Crippen molar-refractivity contribution in [3.8, 4) is 5.75 Å². The molecule has 0 radical (unpaired) electrons. The van der Waals surface area contributed by atoms with Crippen LogP contribution < -0.4 is 20.3 Å². The molecular weight excluding hydrogens is 350 g/mol. The van der Waals surface area contributed by atoms with Gasteiger partial charge in [0.05, 0.1) is 7.11 Å². The third kappa shape index (κ3) is 5.70. The second-order valence-electron chi connectivity index (χ2n) is 7.38. The van der Waals surface area contributed by atoms with Crippen LogP contribution in [0.3, 0.4) is 0 Å². The van der Waals surface area contributed by atoms with Crippen molar-refractivity contribution in [1.82, 2.24) is 15.3 Å². The summed E-state index contributed by atoms with van der Waals surface area (Å²) in [7, 11) is 5.69.